The van der Waals surface area contributed by atoms with Crippen molar-refractivity contribution >= 4 is 0 Å². The van der Waals surface area contributed by atoms with Gasteiger partial charge in [0.1, 0.15) is 17.3 Å². The first kappa shape index (κ1) is 11.2. The highest BCUT2D eigenvalue weighted by atomic mass is 19.1. The van der Waals surface area contributed by atoms with Crippen molar-refractivity contribution < 1.29 is 14.2 Å². The van der Waals surface area contributed by atoms with Crippen LogP contribution in [0.1, 0.15) is 25.3 Å². The Bertz CT molecular complexity index is 414. The third-order valence-corrected chi connectivity index (χ3v) is 3.42. The van der Waals surface area contributed by atoms with E-state index in [0.717, 1.165) is 18.9 Å². The van der Waals surface area contributed by atoms with Crippen LogP contribution >= 0.6 is 0 Å². The SMILES string of the molecule is COc1cc(F)cc(O)c1C1(C(C)N)CC1. The Kier molecular flexibility index (Phi) is 2.54. The van der Waals surface area contributed by atoms with Crippen LogP contribution in [0.2, 0.25) is 0 Å². The van der Waals surface area contributed by atoms with E-state index in [1.807, 2.05) is 6.92 Å². The number of nitrogens with two attached hydrogens (primary N) is 1. The zero-order chi connectivity index (χ0) is 11.9. The van der Waals surface area contributed by atoms with E-state index in [-0.39, 0.29) is 17.2 Å². The van der Waals surface area contributed by atoms with Crippen molar-refractivity contribution in [2.24, 2.45) is 5.73 Å². The van der Waals surface area contributed by atoms with E-state index >= 15 is 0 Å². The van der Waals surface area contributed by atoms with Crippen LogP contribution in [0.25, 0.3) is 0 Å². The largest absolute Gasteiger partial charge is 0.507 e. The fourth-order valence-corrected chi connectivity index (χ4v) is 2.30. The average Bonchev–Trinajstić information content (AvgIpc) is 2.97. The van der Waals surface area contributed by atoms with Crippen LogP contribution in [0.15, 0.2) is 12.1 Å². The lowest BCUT2D eigenvalue weighted by molar-refractivity contribution is 0.378. The summed E-state index contributed by atoms with van der Waals surface area (Å²) in [6, 6.07) is 2.32. The molecule has 0 amide bonds. The van der Waals surface area contributed by atoms with Gasteiger partial charge in [0.05, 0.1) is 7.11 Å². The third-order valence-electron chi connectivity index (χ3n) is 3.42. The van der Waals surface area contributed by atoms with Crippen LogP contribution in [0.4, 0.5) is 4.39 Å². The molecule has 4 heteroatoms. The summed E-state index contributed by atoms with van der Waals surface area (Å²) in [6.07, 6.45) is 1.81. The van der Waals surface area contributed by atoms with Gasteiger partial charge < -0.3 is 15.6 Å². The molecule has 2 rings (SSSR count). The van der Waals surface area contributed by atoms with Gasteiger partial charge in [-0.15, -0.1) is 0 Å². The molecule has 0 aliphatic heterocycles. The summed E-state index contributed by atoms with van der Waals surface area (Å²) in [4.78, 5) is 0. The van der Waals surface area contributed by atoms with E-state index in [4.69, 9.17) is 10.5 Å². The lowest BCUT2D eigenvalue weighted by Gasteiger charge is -2.23. The maximum absolute atomic E-state index is 13.1. The number of benzene rings is 1. The van der Waals surface area contributed by atoms with Crippen LogP contribution in [0.3, 0.4) is 0 Å². The van der Waals surface area contributed by atoms with Gasteiger partial charge in [-0.3, -0.25) is 0 Å². The number of phenolic OH excluding ortho intramolecular Hbond substituents is 1. The van der Waals surface area contributed by atoms with Gasteiger partial charge in [0.25, 0.3) is 0 Å². The third kappa shape index (κ3) is 1.53. The van der Waals surface area contributed by atoms with Gasteiger partial charge in [-0.05, 0) is 19.8 Å². The van der Waals surface area contributed by atoms with Gasteiger partial charge in [-0.2, -0.15) is 0 Å². The molecule has 0 heterocycles. The summed E-state index contributed by atoms with van der Waals surface area (Å²) >= 11 is 0. The molecule has 16 heavy (non-hydrogen) atoms. The molecule has 3 N–H and O–H groups in total. The lowest BCUT2D eigenvalue weighted by Crippen LogP contribution is -2.32. The first-order chi connectivity index (χ1) is 7.51. The summed E-state index contributed by atoms with van der Waals surface area (Å²) in [5.74, 6) is -0.183. The standard InChI is InChI=1S/C12H16FNO2/c1-7(14)12(3-4-12)11-9(15)5-8(13)6-10(11)16-2/h5-7,15H,3-4,14H2,1-2H3. The molecular formula is C12H16FNO2. The second-order valence-corrected chi connectivity index (χ2v) is 4.45. The van der Waals surface area contributed by atoms with Gasteiger partial charge in [0.2, 0.25) is 0 Å². The molecule has 1 fully saturated rings. The molecule has 0 saturated heterocycles. The van der Waals surface area contributed by atoms with Crippen LogP contribution in [0.5, 0.6) is 11.5 Å². The number of phenols is 1. The molecule has 0 radical (unpaired) electrons. The summed E-state index contributed by atoms with van der Waals surface area (Å²) in [6.45, 7) is 1.90. The molecule has 1 unspecified atom stereocenters. The minimum absolute atomic E-state index is 0.0633. The minimum Gasteiger partial charge on any atom is -0.507 e. The van der Waals surface area contributed by atoms with Crippen LogP contribution < -0.4 is 10.5 Å². The summed E-state index contributed by atoms with van der Waals surface area (Å²) in [7, 11) is 1.47. The molecular weight excluding hydrogens is 209 g/mol. The smallest absolute Gasteiger partial charge is 0.130 e. The monoisotopic (exact) mass is 225 g/mol. The number of methoxy groups -OCH3 is 1. The van der Waals surface area contributed by atoms with Gasteiger partial charge in [0.15, 0.2) is 0 Å². The molecule has 1 aliphatic carbocycles. The molecule has 1 aliphatic rings. The van der Waals surface area contributed by atoms with Crippen molar-refractivity contribution in [3.8, 4) is 11.5 Å². The van der Waals surface area contributed by atoms with Crippen molar-refractivity contribution in [1.82, 2.24) is 0 Å². The molecule has 1 saturated carbocycles. The Morgan fingerprint density at radius 1 is 1.50 bits per heavy atom. The zero-order valence-corrected chi connectivity index (χ0v) is 9.46. The fourth-order valence-electron chi connectivity index (χ4n) is 2.30. The van der Waals surface area contributed by atoms with E-state index in [1.165, 1.54) is 13.2 Å². The Hall–Kier alpha value is -1.29. The van der Waals surface area contributed by atoms with E-state index in [2.05, 4.69) is 0 Å². The van der Waals surface area contributed by atoms with Crippen molar-refractivity contribution in [3.63, 3.8) is 0 Å². The molecule has 1 aromatic rings. The van der Waals surface area contributed by atoms with Crippen LogP contribution in [-0.4, -0.2) is 18.3 Å². The van der Waals surface area contributed by atoms with Gasteiger partial charge in [-0.25, -0.2) is 4.39 Å². The predicted molar refractivity (Wildman–Crippen MR) is 59.2 cm³/mol. The van der Waals surface area contributed by atoms with Crippen molar-refractivity contribution in [2.45, 2.75) is 31.2 Å². The van der Waals surface area contributed by atoms with Gasteiger partial charge in [0, 0.05) is 29.2 Å². The fraction of sp³-hybridized carbons (Fsp3) is 0.500. The number of hydrogen-bond acceptors (Lipinski definition) is 3. The van der Waals surface area contributed by atoms with Crippen molar-refractivity contribution in [1.29, 1.82) is 0 Å². The van der Waals surface area contributed by atoms with Gasteiger partial charge >= 0.3 is 0 Å². The van der Waals surface area contributed by atoms with E-state index in [9.17, 15) is 9.50 Å². The highest BCUT2D eigenvalue weighted by Crippen LogP contribution is 2.56. The Balaban J connectivity index is 2.56. The van der Waals surface area contributed by atoms with Crippen molar-refractivity contribution in [3.05, 3.63) is 23.5 Å². The summed E-state index contributed by atoms with van der Waals surface area (Å²) in [5.41, 5.74) is 6.33. The van der Waals surface area contributed by atoms with E-state index in [0.29, 0.717) is 11.3 Å². The molecule has 88 valence electrons. The number of ether oxygens (including phenoxy) is 1. The lowest BCUT2D eigenvalue weighted by atomic mass is 9.88. The molecule has 1 aromatic carbocycles. The summed E-state index contributed by atoms with van der Waals surface area (Å²) in [5, 5.41) is 9.85. The van der Waals surface area contributed by atoms with Crippen LogP contribution in [0, 0.1) is 5.82 Å². The second kappa shape index (κ2) is 3.63. The number of halogens is 1. The number of aromatic hydroxyl groups is 1. The number of hydrogen-bond donors (Lipinski definition) is 2. The molecule has 3 nitrogen and oxygen atoms in total. The normalized spacial score (nSPS) is 19.2. The first-order valence-electron chi connectivity index (χ1n) is 5.34. The molecule has 0 bridgehead atoms. The van der Waals surface area contributed by atoms with Crippen LogP contribution in [-0.2, 0) is 5.41 Å². The zero-order valence-electron chi connectivity index (χ0n) is 9.46. The summed E-state index contributed by atoms with van der Waals surface area (Å²) < 4.78 is 18.3. The first-order valence-corrected chi connectivity index (χ1v) is 5.34. The van der Waals surface area contributed by atoms with Gasteiger partial charge in [-0.1, -0.05) is 0 Å². The predicted octanol–water partition coefficient (Wildman–Crippen LogP) is 1.92. The topological polar surface area (TPSA) is 55.5 Å². The quantitative estimate of drug-likeness (QED) is 0.826. The molecule has 1 atom stereocenters. The number of rotatable bonds is 3. The second-order valence-electron chi connectivity index (χ2n) is 4.45. The Morgan fingerprint density at radius 3 is 2.56 bits per heavy atom. The van der Waals surface area contributed by atoms with Crippen molar-refractivity contribution in [2.75, 3.05) is 7.11 Å². The Morgan fingerprint density at radius 2 is 2.12 bits per heavy atom. The highest BCUT2D eigenvalue weighted by Gasteiger charge is 2.50. The maximum Gasteiger partial charge on any atom is 0.130 e. The van der Waals surface area contributed by atoms with E-state index in [1.54, 1.807) is 0 Å². The maximum atomic E-state index is 13.1. The Labute approximate surface area is 94.0 Å². The minimum atomic E-state index is -0.501. The molecule has 0 aromatic heterocycles. The highest BCUT2D eigenvalue weighted by molar-refractivity contribution is 5.53. The average molecular weight is 225 g/mol. The van der Waals surface area contributed by atoms with E-state index < -0.39 is 5.82 Å². The molecule has 0 spiro atoms.